The molecule has 1 N–H and O–H groups in total. The zero-order chi connectivity index (χ0) is 10.1. The Hall–Kier alpha value is 0.0600. The average Bonchev–Trinajstić information content (AvgIpc) is 2.28. The van der Waals surface area contributed by atoms with Crippen molar-refractivity contribution in [2.45, 2.75) is 19.3 Å². The first-order valence-corrected chi connectivity index (χ1v) is 6.18. The Morgan fingerprint density at radius 3 is 3.07 bits per heavy atom. The summed E-state index contributed by atoms with van der Waals surface area (Å²) >= 11 is 13.3. The van der Waals surface area contributed by atoms with Crippen LogP contribution in [0, 0.1) is 3.70 Å². The fourth-order valence-corrected chi connectivity index (χ4v) is 2.28. The zero-order valence-corrected chi connectivity index (χ0v) is 11.0. The van der Waals surface area contributed by atoms with Crippen LogP contribution in [0.25, 0.3) is 0 Å². The van der Waals surface area contributed by atoms with Crippen LogP contribution in [0.4, 0.5) is 5.69 Å². The molecule has 0 aliphatic carbocycles. The lowest BCUT2D eigenvalue weighted by atomic mass is 10.2. The van der Waals surface area contributed by atoms with Crippen LogP contribution in [0.5, 0.6) is 0 Å². The number of rotatable bonds is 0. The van der Waals surface area contributed by atoms with E-state index in [1.165, 1.54) is 0 Å². The van der Waals surface area contributed by atoms with Crippen molar-refractivity contribution in [3.63, 3.8) is 0 Å². The minimum Gasteiger partial charge on any atom is -0.349 e. The predicted molar refractivity (Wildman–Crippen MR) is 71.1 cm³/mol. The summed E-state index contributed by atoms with van der Waals surface area (Å²) in [5, 5.41) is 3.85. The number of nitrogens with one attached hydrogen (secondary N) is 1. The number of hydrogen-bond donors (Lipinski definition) is 1. The first kappa shape index (κ1) is 10.6. The molecule has 0 aromatic carbocycles. The average molecular weight is 339 g/mol. The molecule has 0 bridgehead atoms. The van der Waals surface area contributed by atoms with E-state index in [2.05, 4.69) is 32.9 Å². The highest BCUT2D eigenvalue weighted by Gasteiger charge is 2.13. The van der Waals surface area contributed by atoms with Crippen LogP contribution in [-0.4, -0.2) is 9.97 Å². The van der Waals surface area contributed by atoms with Crippen molar-refractivity contribution in [2.75, 3.05) is 5.32 Å². The van der Waals surface area contributed by atoms with E-state index in [-0.39, 0.29) is 0 Å². The van der Waals surface area contributed by atoms with E-state index >= 15 is 0 Å². The molecule has 14 heavy (non-hydrogen) atoms. The second kappa shape index (κ2) is 4.28. The van der Waals surface area contributed by atoms with Crippen molar-refractivity contribution in [2.24, 2.45) is 0 Å². The number of thiocarbonyl (C=S) groups is 1. The van der Waals surface area contributed by atoms with E-state index in [1.807, 2.05) is 6.07 Å². The number of aromatic nitrogens is 1. The third kappa shape index (κ3) is 2.17. The molecule has 5 heteroatoms. The number of pyridine rings is 1. The molecule has 0 saturated carbocycles. The maximum Gasteiger partial charge on any atom is 0.120 e. The molecule has 1 aliphatic heterocycles. The molecule has 0 atom stereocenters. The molecule has 0 saturated heterocycles. The Bertz CT molecular complexity index is 395. The maximum atomic E-state index is 5.99. The summed E-state index contributed by atoms with van der Waals surface area (Å²) in [7, 11) is 0. The number of anilines is 1. The van der Waals surface area contributed by atoms with Gasteiger partial charge in [0.1, 0.15) is 3.70 Å². The molecule has 2 rings (SSSR count). The molecule has 0 radical (unpaired) electrons. The fraction of sp³-hybridized carbons (Fsp3) is 0.333. The molecular formula is C9H8ClIN2S. The Morgan fingerprint density at radius 2 is 2.29 bits per heavy atom. The molecule has 1 aromatic heterocycles. The lowest BCUT2D eigenvalue weighted by Gasteiger charge is -2.08. The number of aryl methyl sites for hydroxylation is 1. The topological polar surface area (TPSA) is 24.9 Å². The van der Waals surface area contributed by atoms with Crippen molar-refractivity contribution in [1.82, 2.24) is 4.98 Å². The standard InChI is InChI=1S/C9H8ClIN2S/c10-5-4-7-6(13-9(5)11)2-1-3-8(14)12-7/h4H,1-3H2,(H,12,14). The molecule has 1 aromatic rings. The highest BCUT2D eigenvalue weighted by atomic mass is 127. The number of hydrogen-bond acceptors (Lipinski definition) is 2. The first-order chi connectivity index (χ1) is 6.66. The van der Waals surface area contributed by atoms with Crippen LogP contribution in [-0.2, 0) is 6.42 Å². The maximum absolute atomic E-state index is 5.99. The molecule has 1 aliphatic rings. The van der Waals surface area contributed by atoms with Crippen LogP contribution in [0.1, 0.15) is 18.5 Å². The number of nitrogens with zero attached hydrogens (tertiary/aromatic N) is 1. The second-order valence-electron chi connectivity index (χ2n) is 3.16. The SMILES string of the molecule is S=C1CCCc2nc(I)c(Cl)cc2N1. The summed E-state index contributed by atoms with van der Waals surface area (Å²) in [6.45, 7) is 0. The highest BCUT2D eigenvalue weighted by molar-refractivity contribution is 14.1. The number of fused-ring (bicyclic) bond motifs is 1. The largest absolute Gasteiger partial charge is 0.349 e. The predicted octanol–water partition coefficient (Wildman–Crippen LogP) is 3.42. The summed E-state index contributed by atoms with van der Waals surface area (Å²) in [5.41, 5.74) is 2.04. The van der Waals surface area contributed by atoms with Crippen molar-refractivity contribution in [1.29, 1.82) is 0 Å². The van der Waals surface area contributed by atoms with E-state index < -0.39 is 0 Å². The normalized spacial score (nSPS) is 15.7. The molecule has 0 amide bonds. The number of halogens is 2. The van der Waals surface area contributed by atoms with Gasteiger partial charge in [-0.05, 0) is 47.9 Å². The van der Waals surface area contributed by atoms with Gasteiger partial charge < -0.3 is 5.32 Å². The third-order valence-corrected chi connectivity index (χ3v) is 3.84. The summed E-state index contributed by atoms with van der Waals surface area (Å²) < 4.78 is 0.859. The highest BCUT2D eigenvalue weighted by Crippen LogP contribution is 2.27. The van der Waals surface area contributed by atoms with Gasteiger partial charge in [0.05, 0.1) is 21.4 Å². The summed E-state index contributed by atoms with van der Waals surface area (Å²) in [5.74, 6) is 0. The van der Waals surface area contributed by atoms with Gasteiger partial charge in [-0.25, -0.2) is 4.98 Å². The van der Waals surface area contributed by atoms with Gasteiger partial charge in [-0.1, -0.05) is 23.8 Å². The molecule has 0 unspecified atom stereocenters. The van der Waals surface area contributed by atoms with Crippen molar-refractivity contribution in [3.05, 3.63) is 20.5 Å². The molecule has 2 nitrogen and oxygen atoms in total. The van der Waals surface area contributed by atoms with Gasteiger partial charge in [0.2, 0.25) is 0 Å². The van der Waals surface area contributed by atoms with Crippen LogP contribution < -0.4 is 5.32 Å². The van der Waals surface area contributed by atoms with Gasteiger partial charge in [0.15, 0.2) is 0 Å². The van der Waals surface area contributed by atoms with Crippen LogP contribution in [0.3, 0.4) is 0 Å². The Morgan fingerprint density at radius 1 is 1.50 bits per heavy atom. The van der Waals surface area contributed by atoms with E-state index in [9.17, 15) is 0 Å². The van der Waals surface area contributed by atoms with E-state index in [4.69, 9.17) is 23.8 Å². The minimum atomic E-state index is 0.682. The van der Waals surface area contributed by atoms with Crippen LogP contribution in [0.15, 0.2) is 6.07 Å². The quantitative estimate of drug-likeness (QED) is 0.446. The van der Waals surface area contributed by atoms with Gasteiger partial charge in [-0.15, -0.1) is 0 Å². The Kier molecular flexibility index (Phi) is 3.23. The fourth-order valence-electron chi connectivity index (χ4n) is 1.43. The smallest absolute Gasteiger partial charge is 0.120 e. The molecule has 0 spiro atoms. The lowest BCUT2D eigenvalue weighted by molar-refractivity contribution is 0.852. The van der Waals surface area contributed by atoms with Gasteiger partial charge >= 0.3 is 0 Å². The molecule has 0 fully saturated rings. The van der Waals surface area contributed by atoms with Gasteiger partial charge in [-0.3, -0.25) is 0 Å². The molecule has 74 valence electrons. The second-order valence-corrected chi connectivity index (χ2v) is 5.08. The Labute approximate surface area is 107 Å². The van der Waals surface area contributed by atoms with E-state index in [0.717, 1.165) is 39.3 Å². The van der Waals surface area contributed by atoms with Gasteiger partial charge in [0, 0.05) is 0 Å². The van der Waals surface area contributed by atoms with Crippen molar-refractivity contribution < 1.29 is 0 Å². The van der Waals surface area contributed by atoms with E-state index in [0.29, 0.717) is 5.02 Å². The van der Waals surface area contributed by atoms with Gasteiger partial charge in [0.25, 0.3) is 0 Å². The summed E-state index contributed by atoms with van der Waals surface area (Å²) in [4.78, 5) is 5.32. The van der Waals surface area contributed by atoms with Crippen LogP contribution >= 0.6 is 46.4 Å². The monoisotopic (exact) mass is 338 g/mol. The van der Waals surface area contributed by atoms with Gasteiger partial charge in [-0.2, -0.15) is 0 Å². The van der Waals surface area contributed by atoms with Crippen molar-refractivity contribution in [3.8, 4) is 0 Å². The lowest BCUT2D eigenvalue weighted by Crippen LogP contribution is -2.07. The van der Waals surface area contributed by atoms with Crippen molar-refractivity contribution >= 4 is 57.1 Å². The minimum absolute atomic E-state index is 0.682. The Balaban J connectivity index is 2.46. The first-order valence-electron chi connectivity index (χ1n) is 4.31. The van der Waals surface area contributed by atoms with E-state index in [1.54, 1.807) is 0 Å². The summed E-state index contributed by atoms with van der Waals surface area (Å²) in [6.07, 6.45) is 2.96. The third-order valence-electron chi connectivity index (χ3n) is 2.10. The molecule has 2 heterocycles. The van der Waals surface area contributed by atoms with Crippen LogP contribution in [0.2, 0.25) is 5.02 Å². The zero-order valence-electron chi connectivity index (χ0n) is 7.31. The summed E-state index contributed by atoms with van der Waals surface area (Å²) in [6, 6.07) is 1.91. The molecular weight excluding hydrogens is 331 g/mol.